The Bertz CT molecular complexity index is 499. The van der Waals surface area contributed by atoms with Crippen molar-refractivity contribution in [1.82, 2.24) is 20.3 Å². The van der Waals surface area contributed by atoms with Gasteiger partial charge in [-0.25, -0.2) is 0 Å². The standard InChI is InChI=1S/C13H20ClN5O2/c1-3-7-21-13-17-11(14)16-12(18-13)19-6-4-5-9(8-19)10(20)15-2/h9H,3-8H2,1-2H3,(H,15,20). The predicted molar refractivity (Wildman–Crippen MR) is 79.6 cm³/mol. The summed E-state index contributed by atoms with van der Waals surface area (Å²) in [6.07, 6.45) is 2.64. The zero-order valence-electron chi connectivity index (χ0n) is 12.3. The number of aromatic nitrogens is 3. The Labute approximate surface area is 129 Å². The molecule has 0 spiro atoms. The highest BCUT2D eigenvalue weighted by atomic mass is 35.5. The Morgan fingerprint density at radius 2 is 2.29 bits per heavy atom. The van der Waals surface area contributed by atoms with Gasteiger partial charge in [0.05, 0.1) is 12.5 Å². The van der Waals surface area contributed by atoms with E-state index in [1.165, 1.54) is 0 Å². The summed E-state index contributed by atoms with van der Waals surface area (Å²) in [6, 6.07) is 0.230. The van der Waals surface area contributed by atoms with Crippen molar-refractivity contribution < 1.29 is 9.53 Å². The van der Waals surface area contributed by atoms with Crippen molar-refractivity contribution in [3.63, 3.8) is 0 Å². The number of hydrogen-bond acceptors (Lipinski definition) is 6. The van der Waals surface area contributed by atoms with E-state index in [9.17, 15) is 4.79 Å². The van der Waals surface area contributed by atoms with Crippen molar-refractivity contribution in [2.24, 2.45) is 5.92 Å². The van der Waals surface area contributed by atoms with Crippen LogP contribution in [-0.4, -0.2) is 47.6 Å². The second-order valence-electron chi connectivity index (χ2n) is 4.93. The van der Waals surface area contributed by atoms with Gasteiger partial charge in [-0.3, -0.25) is 4.79 Å². The van der Waals surface area contributed by atoms with Gasteiger partial charge in [0.2, 0.25) is 17.1 Å². The quantitative estimate of drug-likeness (QED) is 0.882. The van der Waals surface area contributed by atoms with Gasteiger partial charge >= 0.3 is 6.01 Å². The zero-order valence-corrected chi connectivity index (χ0v) is 13.1. The Balaban J connectivity index is 2.12. The van der Waals surface area contributed by atoms with Crippen LogP contribution < -0.4 is 15.0 Å². The molecule has 0 radical (unpaired) electrons. The molecular formula is C13H20ClN5O2. The molecule has 1 aliphatic rings. The third kappa shape index (κ3) is 4.17. The first-order valence-electron chi connectivity index (χ1n) is 7.15. The van der Waals surface area contributed by atoms with Gasteiger partial charge in [-0.2, -0.15) is 15.0 Å². The van der Waals surface area contributed by atoms with E-state index in [2.05, 4.69) is 20.3 Å². The molecule has 8 heteroatoms. The van der Waals surface area contributed by atoms with E-state index >= 15 is 0 Å². The molecule has 1 aromatic rings. The first kappa shape index (κ1) is 15.8. The summed E-state index contributed by atoms with van der Waals surface area (Å²) in [4.78, 5) is 26.1. The van der Waals surface area contributed by atoms with E-state index in [0.29, 0.717) is 19.1 Å². The molecule has 0 aliphatic carbocycles. The van der Waals surface area contributed by atoms with Crippen molar-refractivity contribution in [1.29, 1.82) is 0 Å². The number of amides is 1. The van der Waals surface area contributed by atoms with Crippen LogP contribution in [0.25, 0.3) is 0 Å². The monoisotopic (exact) mass is 313 g/mol. The summed E-state index contributed by atoms with van der Waals surface area (Å²) in [7, 11) is 1.65. The average molecular weight is 314 g/mol. The summed E-state index contributed by atoms with van der Waals surface area (Å²) < 4.78 is 5.41. The maximum Gasteiger partial charge on any atom is 0.322 e. The predicted octanol–water partition coefficient (Wildman–Crippen LogP) is 1.28. The molecule has 0 aromatic carbocycles. The van der Waals surface area contributed by atoms with Crippen LogP contribution in [0.2, 0.25) is 5.28 Å². The van der Waals surface area contributed by atoms with Crippen molar-refractivity contribution in [2.45, 2.75) is 26.2 Å². The van der Waals surface area contributed by atoms with E-state index in [-0.39, 0.29) is 23.1 Å². The molecule has 2 heterocycles. The summed E-state index contributed by atoms with van der Waals surface area (Å²) in [5.74, 6) is 0.455. The molecule has 1 amide bonds. The van der Waals surface area contributed by atoms with Crippen LogP contribution in [0.3, 0.4) is 0 Å². The number of rotatable bonds is 5. The minimum Gasteiger partial charge on any atom is -0.463 e. The van der Waals surface area contributed by atoms with Gasteiger partial charge in [0.15, 0.2) is 0 Å². The van der Waals surface area contributed by atoms with Crippen LogP contribution in [0.15, 0.2) is 0 Å². The number of ether oxygens (including phenoxy) is 1. The van der Waals surface area contributed by atoms with Crippen molar-refractivity contribution in [2.75, 3.05) is 31.6 Å². The summed E-state index contributed by atoms with van der Waals surface area (Å²) in [6.45, 7) is 3.90. The lowest BCUT2D eigenvalue weighted by Crippen LogP contribution is -2.42. The number of piperidine rings is 1. The van der Waals surface area contributed by atoms with Crippen LogP contribution in [0, 0.1) is 5.92 Å². The van der Waals surface area contributed by atoms with Gasteiger partial charge < -0.3 is 15.0 Å². The maximum absolute atomic E-state index is 11.8. The van der Waals surface area contributed by atoms with E-state index in [1.54, 1.807) is 7.05 Å². The first-order valence-corrected chi connectivity index (χ1v) is 7.52. The third-order valence-corrected chi connectivity index (χ3v) is 3.50. The number of hydrogen-bond donors (Lipinski definition) is 1. The smallest absolute Gasteiger partial charge is 0.322 e. The number of nitrogens with zero attached hydrogens (tertiary/aromatic N) is 4. The van der Waals surface area contributed by atoms with Crippen LogP contribution in [0.1, 0.15) is 26.2 Å². The molecule has 21 heavy (non-hydrogen) atoms. The van der Waals surface area contributed by atoms with Crippen molar-refractivity contribution in [3.05, 3.63) is 5.28 Å². The Kier molecular flexibility index (Phi) is 5.55. The largest absolute Gasteiger partial charge is 0.463 e. The van der Waals surface area contributed by atoms with Crippen LogP contribution in [0.4, 0.5) is 5.95 Å². The SMILES string of the molecule is CCCOc1nc(Cl)nc(N2CCCC(C(=O)NC)C2)n1. The minimum absolute atomic E-state index is 0.0438. The maximum atomic E-state index is 11.8. The fraction of sp³-hybridized carbons (Fsp3) is 0.692. The molecule has 1 fully saturated rings. The lowest BCUT2D eigenvalue weighted by Gasteiger charge is -2.31. The molecule has 0 saturated carbocycles. The van der Waals surface area contributed by atoms with Gasteiger partial charge in [-0.1, -0.05) is 6.92 Å². The molecule has 1 aromatic heterocycles. The topological polar surface area (TPSA) is 80.2 Å². The first-order chi connectivity index (χ1) is 10.1. The van der Waals surface area contributed by atoms with Gasteiger partial charge in [0, 0.05) is 20.1 Å². The van der Waals surface area contributed by atoms with E-state index in [0.717, 1.165) is 25.8 Å². The molecule has 1 aliphatic heterocycles. The number of anilines is 1. The molecular weight excluding hydrogens is 294 g/mol. The van der Waals surface area contributed by atoms with Gasteiger partial charge in [-0.05, 0) is 30.9 Å². The summed E-state index contributed by atoms with van der Waals surface area (Å²) in [5, 5.41) is 2.79. The number of halogens is 1. The molecule has 1 unspecified atom stereocenters. The number of carbonyl (C=O) groups excluding carboxylic acids is 1. The summed E-state index contributed by atoms with van der Waals surface area (Å²) in [5.41, 5.74) is 0. The van der Waals surface area contributed by atoms with E-state index < -0.39 is 0 Å². The van der Waals surface area contributed by atoms with Crippen molar-refractivity contribution in [3.8, 4) is 6.01 Å². The van der Waals surface area contributed by atoms with E-state index in [1.807, 2.05) is 11.8 Å². The highest BCUT2D eigenvalue weighted by molar-refractivity contribution is 6.28. The Hall–Kier alpha value is -1.63. The van der Waals surface area contributed by atoms with E-state index in [4.69, 9.17) is 16.3 Å². The van der Waals surface area contributed by atoms with Crippen molar-refractivity contribution >= 4 is 23.5 Å². The molecule has 1 atom stereocenters. The fourth-order valence-corrected chi connectivity index (χ4v) is 2.45. The fourth-order valence-electron chi connectivity index (χ4n) is 2.30. The number of carbonyl (C=O) groups is 1. The number of nitrogens with one attached hydrogen (secondary N) is 1. The van der Waals surface area contributed by atoms with Crippen LogP contribution in [-0.2, 0) is 4.79 Å². The Morgan fingerprint density at radius 3 is 3.00 bits per heavy atom. The second-order valence-corrected chi connectivity index (χ2v) is 5.27. The summed E-state index contributed by atoms with van der Waals surface area (Å²) >= 11 is 5.93. The molecule has 1 saturated heterocycles. The molecule has 116 valence electrons. The molecule has 2 rings (SSSR count). The van der Waals surface area contributed by atoms with Gasteiger partial charge in [0.1, 0.15) is 0 Å². The second kappa shape index (κ2) is 7.40. The highest BCUT2D eigenvalue weighted by Crippen LogP contribution is 2.22. The average Bonchev–Trinajstić information content (AvgIpc) is 2.51. The molecule has 1 N–H and O–H groups in total. The van der Waals surface area contributed by atoms with Crippen LogP contribution in [0.5, 0.6) is 6.01 Å². The molecule has 7 nitrogen and oxygen atoms in total. The van der Waals surface area contributed by atoms with Gasteiger partial charge in [-0.15, -0.1) is 0 Å². The lowest BCUT2D eigenvalue weighted by molar-refractivity contribution is -0.124. The van der Waals surface area contributed by atoms with Crippen LogP contribution >= 0.6 is 11.6 Å². The normalized spacial score (nSPS) is 18.4. The zero-order chi connectivity index (χ0) is 15.2. The van der Waals surface area contributed by atoms with Gasteiger partial charge in [0.25, 0.3) is 0 Å². The Morgan fingerprint density at radius 1 is 1.48 bits per heavy atom. The minimum atomic E-state index is -0.0562. The molecule has 0 bridgehead atoms. The lowest BCUT2D eigenvalue weighted by atomic mass is 9.97. The highest BCUT2D eigenvalue weighted by Gasteiger charge is 2.27. The third-order valence-electron chi connectivity index (χ3n) is 3.33.